The summed E-state index contributed by atoms with van der Waals surface area (Å²) in [6.07, 6.45) is 0. The van der Waals surface area contributed by atoms with Crippen molar-refractivity contribution in [3.63, 3.8) is 0 Å². The minimum Gasteiger partial charge on any atom is -0.394 e. The number of halogens is 1. The van der Waals surface area contributed by atoms with Crippen LogP contribution in [0.25, 0.3) is 0 Å². The van der Waals surface area contributed by atoms with E-state index in [9.17, 15) is 5.11 Å². The molecule has 1 unspecified atom stereocenters. The van der Waals surface area contributed by atoms with Crippen LogP contribution in [0.15, 0.2) is 41.8 Å². The van der Waals surface area contributed by atoms with Crippen LogP contribution in [0.1, 0.15) is 17.4 Å². The summed E-state index contributed by atoms with van der Waals surface area (Å²) in [5.41, 5.74) is 0.620. The van der Waals surface area contributed by atoms with Gasteiger partial charge in [0.2, 0.25) is 0 Å². The van der Waals surface area contributed by atoms with Crippen molar-refractivity contribution in [2.75, 3.05) is 6.61 Å². The van der Waals surface area contributed by atoms with Gasteiger partial charge in [0.15, 0.2) is 0 Å². The van der Waals surface area contributed by atoms with Crippen LogP contribution in [0.5, 0.6) is 0 Å². The first-order chi connectivity index (χ1) is 8.65. The first-order valence-electron chi connectivity index (χ1n) is 5.79. The lowest BCUT2D eigenvalue weighted by molar-refractivity contribution is 0.174. The molecule has 1 aromatic carbocycles. The maximum Gasteiger partial charge on any atom is 0.0652 e. The van der Waals surface area contributed by atoms with Crippen LogP contribution in [0, 0.1) is 0 Å². The van der Waals surface area contributed by atoms with Crippen LogP contribution in [-0.4, -0.2) is 11.7 Å². The van der Waals surface area contributed by atoms with Gasteiger partial charge in [-0.15, -0.1) is 11.3 Å². The molecule has 0 radical (unpaired) electrons. The summed E-state index contributed by atoms with van der Waals surface area (Å²) in [7, 11) is 0. The second-order valence-electron chi connectivity index (χ2n) is 4.40. The standard InChI is InChI=1S/C14H16ClNOS/c1-14(10-17,11-5-3-2-4-6-11)16-9-13-12(15)7-8-18-13/h2-8,16-17H,9-10H2,1H3. The van der Waals surface area contributed by atoms with Crippen molar-refractivity contribution >= 4 is 22.9 Å². The summed E-state index contributed by atoms with van der Waals surface area (Å²) in [5.74, 6) is 0. The molecule has 0 saturated heterocycles. The zero-order valence-corrected chi connectivity index (χ0v) is 11.8. The number of thiophene rings is 1. The Hall–Kier alpha value is -0.870. The molecule has 0 fully saturated rings. The van der Waals surface area contributed by atoms with E-state index in [-0.39, 0.29) is 6.61 Å². The molecule has 2 nitrogen and oxygen atoms in total. The normalized spacial score (nSPS) is 14.4. The maximum atomic E-state index is 9.64. The Balaban J connectivity index is 2.12. The number of nitrogens with one attached hydrogen (secondary N) is 1. The Kier molecular flexibility index (Phi) is 4.40. The summed E-state index contributed by atoms with van der Waals surface area (Å²) in [6.45, 7) is 2.69. The van der Waals surface area contributed by atoms with E-state index in [0.717, 1.165) is 15.5 Å². The molecule has 0 amide bonds. The monoisotopic (exact) mass is 281 g/mol. The number of hydrogen-bond acceptors (Lipinski definition) is 3. The Morgan fingerprint density at radius 2 is 2.00 bits per heavy atom. The highest BCUT2D eigenvalue weighted by atomic mass is 35.5. The lowest BCUT2D eigenvalue weighted by atomic mass is 9.93. The Morgan fingerprint density at radius 3 is 2.56 bits per heavy atom. The topological polar surface area (TPSA) is 32.3 Å². The summed E-state index contributed by atoms with van der Waals surface area (Å²) in [6, 6.07) is 11.8. The fourth-order valence-corrected chi connectivity index (χ4v) is 2.82. The summed E-state index contributed by atoms with van der Waals surface area (Å²) in [5, 5.41) is 15.8. The van der Waals surface area contributed by atoms with Crippen molar-refractivity contribution in [3.8, 4) is 0 Å². The predicted octanol–water partition coefficient (Wildman–Crippen LogP) is 3.40. The van der Waals surface area contributed by atoms with Gasteiger partial charge < -0.3 is 10.4 Å². The lowest BCUT2D eigenvalue weighted by Gasteiger charge is -2.29. The van der Waals surface area contributed by atoms with Gasteiger partial charge in [-0.2, -0.15) is 0 Å². The zero-order valence-electron chi connectivity index (χ0n) is 10.2. The highest BCUT2D eigenvalue weighted by molar-refractivity contribution is 7.10. The van der Waals surface area contributed by atoms with Gasteiger partial charge in [-0.25, -0.2) is 0 Å². The number of aliphatic hydroxyl groups excluding tert-OH is 1. The molecule has 0 saturated carbocycles. The molecule has 2 rings (SSSR count). The van der Waals surface area contributed by atoms with Gasteiger partial charge in [-0.3, -0.25) is 0 Å². The van der Waals surface area contributed by atoms with E-state index in [4.69, 9.17) is 11.6 Å². The molecule has 0 aliphatic heterocycles. The molecular weight excluding hydrogens is 266 g/mol. The Bertz CT molecular complexity index is 500. The first-order valence-corrected chi connectivity index (χ1v) is 7.05. The molecule has 4 heteroatoms. The average Bonchev–Trinajstić information content (AvgIpc) is 2.83. The summed E-state index contributed by atoms with van der Waals surface area (Å²) >= 11 is 7.69. The molecule has 1 atom stereocenters. The molecule has 2 N–H and O–H groups in total. The van der Waals surface area contributed by atoms with Crippen molar-refractivity contribution in [2.45, 2.75) is 19.0 Å². The van der Waals surface area contributed by atoms with Crippen molar-refractivity contribution in [2.24, 2.45) is 0 Å². The van der Waals surface area contributed by atoms with E-state index in [1.165, 1.54) is 0 Å². The summed E-state index contributed by atoms with van der Waals surface area (Å²) in [4.78, 5) is 1.09. The highest BCUT2D eigenvalue weighted by Gasteiger charge is 2.25. The number of hydrogen-bond donors (Lipinski definition) is 2. The van der Waals surface area contributed by atoms with Crippen molar-refractivity contribution in [3.05, 3.63) is 57.2 Å². The second-order valence-corrected chi connectivity index (χ2v) is 5.81. The second kappa shape index (κ2) is 5.85. The zero-order chi connectivity index (χ0) is 13.0. The SMILES string of the molecule is CC(CO)(NCc1sccc1Cl)c1ccccc1. The van der Waals surface area contributed by atoms with E-state index >= 15 is 0 Å². The molecule has 1 aromatic heterocycles. The third kappa shape index (κ3) is 2.93. The summed E-state index contributed by atoms with van der Waals surface area (Å²) < 4.78 is 0. The molecule has 18 heavy (non-hydrogen) atoms. The van der Waals surface area contributed by atoms with Crippen LogP contribution < -0.4 is 5.32 Å². The maximum absolute atomic E-state index is 9.64. The molecule has 0 bridgehead atoms. The van der Waals surface area contributed by atoms with Crippen LogP contribution in [0.2, 0.25) is 5.02 Å². The number of benzene rings is 1. The molecule has 2 aromatic rings. The quantitative estimate of drug-likeness (QED) is 0.880. The van der Waals surface area contributed by atoms with E-state index in [0.29, 0.717) is 6.54 Å². The largest absolute Gasteiger partial charge is 0.394 e. The highest BCUT2D eigenvalue weighted by Crippen LogP contribution is 2.25. The smallest absolute Gasteiger partial charge is 0.0652 e. The Labute approximate surface area is 116 Å². The number of aliphatic hydroxyl groups is 1. The van der Waals surface area contributed by atoms with E-state index in [1.54, 1.807) is 11.3 Å². The van der Waals surface area contributed by atoms with Crippen LogP contribution >= 0.6 is 22.9 Å². The van der Waals surface area contributed by atoms with Crippen LogP contribution in [-0.2, 0) is 12.1 Å². The van der Waals surface area contributed by atoms with Gasteiger partial charge in [-0.05, 0) is 23.9 Å². The first kappa shape index (κ1) is 13.6. The lowest BCUT2D eigenvalue weighted by Crippen LogP contribution is -2.42. The molecule has 1 heterocycles. The average molecular weight is 282 g/mol. The van der Waals surface area contributed by atoms with Crippen molar-refractivity contribution in [1.29, 1.82) is 0 Å². The molecule has 0 aliphatic carbocycles. The van der Waals surface area contributed by atoms with Crippen molar-refractivity contribution in [1.82, 2.24) is 5.32 Å². The minimum absolute atomic E-state index is 0.0417. The van der Waals surface area contributed by atoms with E-state index in [1.807, 2.05) is 48.7 Å². The van der Waals surface area contributed by atoms with Gasteiger partial charge in [0.05, 0.1) is 17.2 Å². The van der Waals surface area contributed by atoms with Gasteiger partial charge in [0.25, 0.3) is 0 Å². The molecular formula is C14H16ClNOS. The van der Waals surface area contributed by atoms with Gasteiger partial charge in [0, 0.05) is 11.4 Å². The van der Waals surface area contributed by atoms with Crippen molar-refractivity contribution < 1.29 is 5.11 Å². The molecule has 96 valence electrons. The third-order valence-electron chi connectivity index (χ3n) is 3.06. The minimum atomic E-state index is -0.450. The predicted molar refractivity (Wildman–Crippen MR) is 77.0 cm³/mol. The number of rotatable bonds is 5. The molecule has 0 spiro atoms. The van der Waals surface area contributed by atoms with E-state index in [2.05, 4.69) is 5.32 Å². The third-order valence-corrected chi connectivity index (χ3v) is 4.44. The fraction of sp³-hybridized carbons (Fsp3) is 0.286. The fourth-order valence-electron chi connectivity index (χ4n) is 1.78. The van der Waals surface area contributed by atoms with Gasteiger partial charge in [0.1, 0.15) is 0 Å². The van der Waals surface area contributed by atoms with Crippen LogP contribution in [0.3, 0.4) is 0 Å². The van der Waals surface area contributed by atoms with Gasteiger partial charge >= 0.3 is 0 Å². The van der Waals surface area contributed by atoms with Crippen LogP contribution in [0.4, 0.5) is 0 Å². The molecule has 0 aliphatic rings. The Morgan fingerprint density at radius 1 is 1.28 bits per heavy atom. The van der Waals surface area contributed by atoms with E-state index < -0.39 is 5.54 Å². The van der Waals surface area contributed by atoms with Gasteiger partial charge in [-0.1, -0.05) is 41.9 Å².